The Balaban J connectivity index is 1.64. The molecule has 0 aliphatic carbocycles. The molecule has 1 aliphatic rings. The first-order valence-electron chi connectivity index (χ1n) is 9.67. The van der Waals surface area contributed by atoms with Gasteiger partial charge in [0.05, 0.1) is 19.8 Å². The summed E-state index contributed by atoms with van der Waals surface area (Å²) >= 11 is 0. The number of alkyl halides is 3. The first-order chi connectivity index (χ1) is 14.3. The van der Waals surface area contributed by atoms with Crippen molar-refractivity contribution in [3.63, 3.8) is 0 Å². The van der Waals surface area contributed by atoms with Gasteiger partial charge in [0.1, 0.15) is 0 Å². The molecule has 1 saturated heterocycles. The van der Waals surface area contributed by atoms with Gasteiger partial charge in [-0.15, -0.1) is 0 Å². The predicted octanol–water partition coefficient (Wildman–Crippen LogP) is 3.96. The zero-order valence-electron chi connectivity index (χ0n) is 17.0. The van der Waals surface area contributed by atoms with Gasteiger partial charge in [-0.1, -0.05) is 18.2 Å². The number of nitrogens with zero attached hydrogens (tertiary/aromatic N) is 2. The SMILES string of the molecule is COc1ccc(CN2CCC(=O)N(Cc3cccc(C(F)(F)F)c3)CC2)cc1OC. The number of carbonyl (C=O) groups is 1. The summed E-state index contributed by atoms with van der Waals surface area (Å²) in [5, 5.41) is 0. The van der Waals surface area contributed by atoms with Crippen LogP contribution >= 0.6 is 0 Å². The predicted molar refractivity (Wildman–Crippen MR) is 106 cm³/mol. The number of hydrogen-bond acceptors (Lipinski definition) is 4. The zero-order valence-corrected chi connectivity index (χ0v) is 17.0. The van der Waals surface area contributed by atoms with Crippen LogP contribution in [0.15, 0.2) is 42.5 Å². The number of amides is 1. The number of carbonyl (C=O) groups excluding carboxylic acids is 1. The standard InChI is InChI=1S/C22H25F3N2O3/c1-29-19-7-6-17(13-20(19)30-2)14-26-9-8-21(28)27(11-10-26)15-16-4-3-5-18(12-16)22(23,24)25/h3-7,12-13H,8-11,14-15H2,1-2H3. The Morgan fingerprint density at radius 3 is 2.33 bits per heavy atom. The van der Waals surface area contributed by atoms with Gasteiger partial charge in [-0.05, 0) is 35.4 Å². The van der Waals surface area contributed by atoms with Gasteiger partial charge in [0.2, 0.25) is 5.91 Å². The molecule has 1 fully saturated rings. The van der Waals surface area contributed by atoms with Gasteiger partial charge in [0.15, 0.2) is 11.5 Å². The van der Waals surface area contributed by atoms with E-state index in [1.54, 1.807) is 25.2 Å². The highest BCUT2D eigenvalue weighted by Crippen LogP contribution is 2.30. The molecule has 1 heterocycles. The summed E-state index contributed by atoms with van der Waals surface area (Å²) in [5.74, 6) is 1.24. The van der Waals surface area contributed by atoms with Crippen molar-refractivity contribution < 1.29 is 27.4 Å². The third-order valence-electron chi connectivity index (χ3n) is 5.16. The quantitative estimate of drug-likeness (QED) is 0.707. The third-order valence-corrected chi connectivity index (χ3v) is 5.16. The van der Waals surface area contributed by atoms with Gasteiger partial charge < -0.3 is 14.4 Å². The van der Waals surface area contributed by atoms with E-state index in [1.165, 1.54) is 6.07 Å². The van der Waals surface area contributed by atoms with E-state index in [0.717, 1.165) is 17.7 Å². The van der Waals surface area contributed by atoms with Crippen molar-refractivity contribution in [2.24, 2.45) is 0 Å². The molecule has 30 heavy (non-hydrogen) atoms. The van der Waals surface area contributed by atoms with E-state index in [1.807, 2.05) is 18.2 Å². The fourth-order valence-electron chi connectivity index (χ4n) is 3.54. The number of rotatable bonds is 6. The summed E-state index contributed by atoms with van der Waals surface area (Å²) in [4.78, 5) is 16.3. The fourth-order valence-corrected chi connectivity index (χ4v) is 3.54. The van der Waals surface area contributed by atoms with Crippen LogP contribution in [0.3, 0.4) is 0 Å². The molecule has 0 N–H and O–H groups in total. The molecule has 0 unspecified atom stereocenters. The average Bonchev–Trinajstić information content (AvgIpc) is 2.89. The van der Waals surface area contributed by atoms with Crippen LogP contribution in [-0.2, 0) is 24.1 Å². The Labute approximate surface area is 174 Å². The van der Waals surface area contributed by atoms with Crippen LogP contribution in [-0.4, -0.2) is 49.6 Å². The first kappa shape index (κ1) is 22.0. The summed E-state index contributed by atoms with van der Waals surface area (Å²) in [7, 11) is 3.16. The second-order valence-electron chi connectivity index (χ2n) is 7.23. The topological polar surface area (TPSA) is 42.0 Å². The molecule has 3 rings (SSSR count). The zero-order chi connectivity index (χ0) is 21.7. The lowest BCUT2D eigenvalue weighted by atomic mass is 10.1. The Bertz CT molecular complexity index is 886. The van der Waals surface area contributed by atoms with E-state index in [2.05, 4.69) is 4.90 Å². The smallest absolute Gasteiger partial charge is 0.416 e. The first-order valence-corrected chi connectivity index (χ1v) is 9.67. The Morgan fingerprint density at radius 1 is 0.900 bits per heavy atom. The van der Waals surface area contributed by atoms with Crippen molar-refractivity contribution in [3.05, 3.63) is 59.2 Å². The summed E-state index contributed by atoms with van der Waals surface area (Å²) in [6.45, 7) is 2.51. The molecule has 0 atom stereocenters. The summed E-state index contributed by atoms with van der Waals surface area (Å²) in [5.41, 5.74) is 0.815. The molecule has 1 amide bonds. The van der Waals surface area contributed by atoms with E-state index in [-0.39, 0.29) is 12.5 Å². The highest BCUT2D eigenvalue weighted by molar-refractivity contribution is 5.76. The largest absolute Gasteiger partial charge is 0.493 e. The van der Waals surface area contributed by atoms with Crippen molar-refractivity contribution in [2.75, 3.05) is 33.9 Å². The van der Waals surface area contributed by atoms with Gasteiger partial charge in [0.25, 0.3) is 0 Å². The van der Waals surface area contributed by atoms with Gasteiger partial charge in [0, 0.05) is 39.1 Å². The molecule has 0 spiro atoms. The van der Waals surface area contributed by atoms with Crippen LogP contribution in [0.5, 0.6) is 11.5 Å². The van der Waals surface area contributed by atoms with Crippen LogP contribution in [0.25, 0.3) is 0 Å². The normalized spacial score (nSPS) is 15.8. The molecule has 0 radical (unpaired) electrons. The van der Waals surface area contributed by atoms with E-state index < -0.39 is 11.7 Å². The second kappa shape index (κ2) is 9.38. The maximum Gasteiger partial charge on any atom is 0.416 e. The van der Waals surface area contributed by atoms with E-state index in [4.69, 9.17) is 9.47 Å². The van der Waals surface area contributed by atoms with Crippen LogP contribution in [0.1, 0.15) is 23.1 Å². The number of hydrogen-bond donors (Lipinski definition) is 0. The molecule has 1 aliphatic heterocycles. The van der Waals surface area contributed by atoms with Gasteiger partial charge in [-0.2, -0.15) is 13.2 Å². The van der Waals surface area contributed by atoms with Crippen molar-refractivity contribution in [1.29, 1.82) is 0 Å². The molecular formula is C22H25F3N2O3. The lowest BCUT2D eigenvalue weighted by molar-refractivity contribution is -0.137. The van der Waals surface area contributed by atoms with Crippen LogP contribution in [0.2, 0.25) is 0 Å². The van der Waals surface area contributed by atoms with Crippen LogP contribution in [0, 0.1) is 0 Å². The Hall–Kier alpha value is -2.74. The number of halogens is 3. The minimum absolute atomic E-state index is 0.0535. The van der Waals surface area contributed by atoms with Crippen LogP contribution in [0.4, 0.5) is 13.2 Å². The molecule has 0 bridgehead atoms. The van der Waals surface area contributed by atoms with Crippen molar-refractivity contribution in [2.45, 2.75) is 25.7 Å². The minimum Gasteiger partial charge on any atom is -0.493 e. The highest BCUT2D eigenvalue weighted by Gasteiger charge is 2.30. The molecule has 2 aromatic rings. The highest BCUT2D eigenvalue weighted by atomic mass is 19.4. The summed E-state index contributed by atoms with van der Waals surface area (Å²) < 4.78 is 49.4. The Morgan fingerprint density at radius 2 is 1.63 bits per heavy atom. The van der Waals surface area contributed by atoms with Gasteiger partial charge in [-0.3, -0.25) is 9.69 Å². The number of methoxy groups -OCH3 is 2. The maximum absolute atomic E-state index is 12.9. The number of ether oxygens (including phenoxy) is 2. The van der Waals surface area contributed by atoms with E-state index in [0.29, 0.717) is 49.7 Å². The molecule has 5 nitrogen and oxygen atoms in total. The Kier molecular flexibility index (Phi) is 6.87. The summed E-state index contributed by atoms with van der Waals surface area (Å²) in [6.07, 6.45) is -4.07. The third kappa shape index (κ3) is 5.44. The maximum atomic E-state index is 12.9. The minimum atomic E-state index is -4.39. The molecule has 8 heteroatoms. The monoisotopic (exact) mass is 422 g/mol. The van der Waals surface area contributed by atoms with Crippen molar-refractivity contribution in [1.82, 2.24) is 9.80 Å². The second-order valence-corrected chi connectivity index (χ2v) is 7.23. The molecular weight excluding hydrogens is 397 g/mol. The van der Waals surface area contributed by atoms with Crippen molar-refractivity contribution >= 4 is 5.91 Å². The van der Waals surface area contributed by atoms with E-state index >= 15 is 0 Å². The van der Waals surface area contributed by atoms with E-state index in [9.17, 15) is 18.0 Å². The average molecular weight is 422 g/mol. The molecule has 2 aromatic carbocycles. The molecule has 162 valence electrons. The van der Waals surface area contributed by atoms with Crippen molar-refractivity contribution in [3.8, 4) is 11.5 Å². The van der Waals surface area contributed by atoms with Gasteiger partial charge in [-0.25, -0.2) is 0 Å². The van der Waals surface area contributed by atoms with Crippen LogP contribution < -0.4 is 9.47 Å². The number of benzene rings is 2. The van der Waals surface area contributed by atoms with Gasteiger partial charge >= 0.3 is 6.18 Å². The molecule has 0 aromatic heterocycles. The molecule has 0 saturated carbocycles. The lowest BCUT2D eigenvalue weighted by Gasteiger charge is -2.23. The lowest BCUT2D eigenvalue weighted by Crippen LogP contribution is -2.32. The fraction of sp³-hybridized carbons (Fsp3) is 0.409. The summed E-state index contributed by atoms with van der Waals surface area (Å²) in [6, 6.07) is 10.9.